The Balaban J connectivity index is 1.99. The number of hydrogen-bond donors (Lipinski definition) is 1. The molecule has 1 atom stereocenters. The van der Waals surface area contributed by atoms with Gasteiger partial charge in [0.15, 0.2) is 0 Å². The average Bonchev–Trinajstić information content (AvgIpc) is 2.66. The number of carbonyl (C=O) groups excluding carboxylic acids is 1. The Morgan fingerprint density at radius 2 is 1.69 bits per heavy atom. The molecule has 1 aliphatic heterocycles. The summed E-state index contributed by atoms with van der Waals surface area (Å²) in [7, 11) is -2.82. The number of hydrogen-bond acceptors (Lipinski definition) is 5. The first-order valence-electron chi connectivity index (χ1n) is 7.84. The van der Waals surface area contributed by atoms with Gasteiger partial charge in [0.1, 0.15) is 6.04 Å². The van der Waals surface area contributed by atoms with Gasteiger partial charge in [0.2, 0.25) is 10.0 Å². The van der Waals surface area contributed by atoms with Crippen molar-refractivity contribution in [1.29, 1.82) is 0 Å². The van der Waals surface area contributed by atoms with Crippen molar-refractivity contribution >= 4 is 22.0 Å². The van der Waals surface area contributed by atoms with Gasteiger partial charge in [0.05, 0.1) is 17.6 Å². The molecular formula is C18H17NO6S. The van der Waals surface area contributed by atoms with Crippen LogP contribution in [-0.4, -0.2) is 42.9 Å². The van der Waals surface area contributed by atoms with E-state index in [4.69, 9.17) is 0 Å². The zero-order valence-corrected chi connectivity index (χ0v) is 14.8. The number of rotatable bonds is 4. The fraction of sp³-hybridized carbons (Fsp3) is 0.222. The molecule has 0 fully saturated rings. The Labute approximate surface area is 150 Å². The van der Waals surface area contributed by atoms with Gasteiger partial charge in [-0.2, -0.15) is 4.31 Å². The zero-order valence-electron chi connectivity index (χ0n) is 14.0. The summed E-state index contributed by atoms with van der Waals surface area (Å²) in [5.41, 5.74) is 1.82. The van der Waals surface area contributed by atoms with Crippen molar-refractivity contribution in [3.8, 4) is 0 Å². The van der Waals surface area contributed by atoms with E-state index in [0.29, 0.717) is 0 Å². The Hall–Kier alpha value is -2.71. The normalized spacial score (nSPS) is 17.3. The van der Waals surface area contributed by atoms with Gasteiger partial charge in [-0.15, -0.1) is 0 Å². The van der Waals surface area contributed by atoms with Crippen LogP contribution in [0.25, 0.3) is 0 Å². The van der Waals surface area contributed by atoms with E-state index in [-0.39, 0.29) is 23.4 Å². The number of ether oxygens (including phenoxy) is 1. The first kappa shape index (κ1) is 18.1. The standard InChI is InChI=1S/C18H17NO6S/c1-25-18(22)12-6-8-15(9-7-12)26(23,24)19-11-14-5-3-2-4-13(14)10-16(19)17(20)21/h2-9,16H,10-11H2,1H3,(H,20,21). The molecule has 26 heavy (non-hydrogen) atoms. The molecule has 0 saturated carbocycles. The molecule has 0 bridgehead atoms. The molecule has 0 aromatic heterocycles. The Morgan fingerprint density at radius 3 is 2.27 bits per heavy atom. The number of nitrogens with zero attached hydrogens (tertiary/aromatic N) is 1. The Bertz CT molecular complexity index is 952. The predicted octanol–water partition coefficient (Wildman–Crippen LogP) is 1.67. The van der Waals surface area contributed by atoms with E-state index in [1.807, 2.05) is 0 Å². The van der Waals surface area contributed by atoms with Crippen LogP contribution in [-0.2, 0) is 32.5 Å². The van der Waals surface area contributed by atoms with Gasteiger partial charge >= 0.3 is 11.9 Å². The number of sulfonamides is 1. The molecule has 3 rings (SSSR count). The third-order valence-electron chi connectivity index (χ3n) is 4.37. The third kappa shape index (κ3) is 3.21. The highest BCUT2D eigenvalue weighted by molar-refractivity contribution is 7.89. The third-order valence-corrected chi connectivity index (χ3v) is 6.24. The maximum atomic E-state index is 13.0. The molecule has 2 aromatic rings. The first-order valence-corrected chi connectivity index (χ1v) is 9.28. The molecule has 1 N–H and O–H groups in total. The second-order valence-corrected chi connectivity index (χ2v) is 7.78. The van der Waals surface area contributed by atoms with Gasteiger partial charge in [-0.25, -0.2) is 13.2 Å². The van der Waals surface area contributed by atoms with Crippen LogP contribution in [0.3, 0.4) is 0 Å². The molecule has 2 aromatic carbocycles. The van der Waals surface area contributed by atoms with Crippen LogP contribution in [0, 0.1) is 0 Å². The monoisotopic (exact) mass is 375 g/mol. The van der Waals surface area contributed by atoms with Crippen LogP contribution in [0.2, 0.25) is 0 Å². The molecule has 8 heteroatoms. The molecule has 0 saturated heterocycles. The first-order chi connectivity index (χ1) is 12.3. The number of carboxylic acid groups (broad SMARTS) is 1. The summed E-state index contributed by atoms with van der Waals surface area (Å²) in [4.78, 5) is 23.1. The molecule has 0 spiro atoms. The van der Waals surface area contributed by atoms with Gasteiger partial charge in [-0.1, -0.05) is 24.3 Å². The van der Waals surface area contributed by atoms with E-state index >= 15 is 0 Å². The molecule has 0 radical (unpaired) electrons. The van der Waals surface area contributed by atoms with Crippen molar-refractivity contribution in [1.82, 2.24) is 4.31 Å². The number of aliphatic carboxylic acids is 1. The number of benzene rings is 2. The zero-order chi connectivity index (χ0) is 18.9. The van der Waals surface area contributed by atoms with E-state index < -0.39 is 28.0 Å². The van der Waals surface area contributed by atoms with Crippen molar-refractivity contribution in [2.75, 3.05) is 7.11 Å². The second kappa shape index (κ2) is 6.89. The lowest BCUT2D eigenvalue weighted by molar-refractivity contribution is -0.141. The lowest BCUT2D eigenvalue weighted by Crippen LogP contribution is -2.48. The highest BCUT2D eigenvalue weighted by Gasteiger charge is 2.39. The minimum Gasteiger partial charge on any atom is -0.480 e. The van der Waals surface area contributed by atoms with Crippen molar-refractivity contribution in [3.63, 3.8) is 0 Å². The molecular weight excluding hydrogens is 358 g/mol. The Morgan fingerprint density at radius 1 is 1.08 bits per heavy atom. The molecule has 1 unspecified atom stereocenters. The van der Waals surface area contributed by atoms with Crippen LogP contribution in [0.5, 0.6) is 0 Å². The minimum atomic E-state index is -4.05. The average molecular weight is 375 g/mol. The van der Waals surface area contributed by atoms with Crippen LogP contribution in [0.15, 0.2) is 53.4 Å². The lowest BCUT2D eigenvalue weighted by Gasteiger charge is -2.33. The minimum absolute atomic E-state index is 0.0196. The Kier molecular flexibility index (Phi) is 4.80. The highest BCUT2D eigenvalue weighted by atomic mass is 32.2. The lowest BCUT2D eigenvalue weighted by atomic mass is 9.96. The summed E-state index contributed by atoms with van der Waals surface area (Å²) in [5.74, 6) is -1.78. The maximum absolute atomic E-state index is 13.0. The van der Waals surface area contributed by atoms with Gasteiger partial charge in [-0.05, 0) is 35.4 Å². The van der Waals surface area contributed by atoms with Gasteiger partial charge < -0.3 is 9.84 Å². The number of carboxylic acids is 1. The quantitative estimate of drug-likeness (QED) is 0.816. The van der Waals surface area contributed by atoms with Crippen molar-refractivity contribution in [3.05, 3.63) is 65.2 Å². The largest absolute Gasteiger partial charge is 0.480 e. The molecule has 136 valence electrons. The fourth-order valence-electron chi connectivity index (χ4n) is 2.98. The van der Waals surface area contributed by atoms with E-state index in [9.17, 15) is 23.1 Å². The summed E-state index contributed by atoms with van der Waals surface area (Å²) in [6.45, 7) is -0.0196. The fourth-order valence-corrected chi connectivity index (χ4v) is 4.54. The molecule has 1 heterocycles. The summed E-state index contributed by atoms with van der Waals surface area (Å²) < 4.78 is 31.6. The smallest absolute Gasteiger partial charge is 0.337 e. The van der Waals surface area contributed by atoms with Crippen LogP contribution < -0.4 is 0 Å². The number of fused-ring (bicyclic) bond motifs is 1. The van der Waals surface area contributed by atoms with E-state index in [2.05, 4.69) is 4.74 Å². The van der Waals surface area contributed by atoms with E-state index in [1.165, 1.54) is 31.4 Å². The predicted molar refractivity (Wildman–Crippen MR) is 92.1 cm³/mol. The summed E-state index contributed by atoms with van der Waals surface area (Å²) in [5, 5.41) is 9.53. The van der Waals surface area contributed by atoms with Crippen molar-refractivity contribution in [2.45, 2.75) is 23.9 Å². The van der Waals surface area contributed by atoms with Crippen molar-refractivity contribution in [2.24, 2.45) is 0 Å². The topological polar surface area (TPSA) is 101 Å². The summed E-state index contributed by atoms with van der Waals surface area (Å²) >= 11 is 0. The molecule has 0 amide bonds. The van der Waals surface area contributed by atoms with Gasteiger partial charge in [0.25, 0.3) is 0 Å². The summed E-state index contributed by atoms with van der Waals surface area (Å²) in [6, 6.07) is 11.2. The SMILES string of the molecule is COC(=O)c1ccc(S(=O)(=O)N2Cc3ccccc3CC2C(=O)O)cc1. The number of esters is 1. The van der Waals surface area contributed by atoms with Crippen molar-refractivity contribution < 1.29 is 27.9 Å². The molecule has 1 aliphatic rings. The highest BCUT2D eigenvalue weighted by Crippen LogP contribution is 2.29. The number of carbonyl (C=O) groups is 2. The van der Waals surface area contributed by atoms with Crippen LogP contribution >= 0.6 is 0 Å². The second-order valence-electron chi connectivity index (χ2n) is 5.89. The number of methoxy groups -OCH3 is 1. The maximum Gasteiger partial charge on any atom is 0.337 e. The van der Waals surface area contributed by atoms with Gasteiger partial charge in [-0.3, -0.25) is 4.79 Å². The van der Waals surface area contributed by atoms with E-state index in [0.717, 1.165) is 15.4 Å². The van der Waals surface area contributed by atoms with Crippen LogP contribution in [0.1, 0.15) is 21.5 Å². The molecule has 0 aliphatic carbocycles. The molecule has 7 nitrogen and oxygen atoms in total. The summed E-state index contributed by atoms with van der Waals surface area (Å²) in [6.07, 6.45) is 0.102. The van der Waals surface area contributed by atoms with Crippen LogP contribution in [0.4, 0.5) is 0 Å². The van der Waals surface area contributed by atoms with E-state index in [1.54, 1.807) is 24.3 Å². The van der Waals surface area contributed by atoms with Gasteiger partial charge in [0, 0.05) is 13.0 Å².